The molecule has 0 bridgehead atoms. The normalized spacial score (nSPS) is 24.1. The number of pyridine rings is 1. The van der Waals surface area contributed by atoms with Gasteiger partial charge in [0.05, 0.1) is 17.0 Å². The van der Waals surface area contributed by atoms with E-state index in [9.17, 15) is 14.4 Å². The molecular formula is C33H24ClN3O3. The smallest absolute Gasteiger partial charge is 0.238 e. The molecule has 7 heteroatoms. The summed E-state index contributed by atoms with van der Waals surface area (Å²) in [6, 6.07) is 25.6. The molecule has 6 nitrogen and oxygen atoms in total. The van der Waals surface area contributed by atoms with Gasteiger partial charge in [0.25, 0.3) is 0 Å². The Hall–Kier alpha value is -4.55. The zero-order valence-electron chi connectivity index (χ0n) is 21.5. The van der Waals surface area contributed by atoms with Crippen LogP contribution in [0.2, 0.25) is 5.02 Å². The Kier molecular flexibility index (Phi) is 5.51. The minimum absolute atomic E-state index is 0.204. The minimum Gasteiger partial charge on any atom is -0.352 e. The van der Waals surface area contributed by atoms with Crippen LogP contribution in [-0.4, -0.2) is 34.5 Å². The van der Waals surface area contributed by atoms with Crippen LogP contribution in [0.3, 0.4) is 0 Å². The average Bonchev–Trinajstić information content (AvgIpc) is 3.45. The van der Waals surface area contributed by atoms with E-state index in [1.165, 1.54) is 0 Å². The Morgan fingerprint density at radius 3 is 2.42 bits per heavy atom. The molecule has 4 unspecified atom stereocenters. The Bertz CT molecular complexity index is 1750. The van der Waals surface area contributed by atoms with Gasteiger partial charge >= 0.3 is 0 Å². The number of nitrogens with zero attached hydrogens (tertiary/aromatic N) is 2. The highest BCUT2D eigenvalue weighted by Gasteiger charge is 2.70. The third-order valence-electron chi connectivity index (χ3n) is 8.49. The second kappa shape index (κ2) is 9.00. The summed E-state index contributed by atoms with van der Waals surface area (Å²) in [4.78, 5) is 50.0. The summed E-state index contributed by atoms with van der Waals surface area (Å²) < 4.78 is 0. The molecule has 1 spiro atoms. The van der Waals surface area contributed by atoms with E-state index in [4.69, 9.17) is 11.6 Å². The van der Waals surface area contributed by atoms with Crippen LogP contribution in [0.4, 0.5) is 11.4 Å². The molecule has 0 saturated carbocycles. The molecule has 4 aromatic rings. The van der Waals surface area contributed by atoms with E-state index in [2.05, 4.69) is 10.3 Å². The van der Waals surface area contributed by atoms with Crippen molar-refractivity contribution < 1.29 is 14.4 Å². The van der Waals surface area contributed by atoms with Gasteiger partial charge in [-0.05, 0) is 54.5 Å². The van der Waals surface area contributed by atoms with Crippen molar-refractivity contribution in [2.24, 2.45) is 5.92 Å². The van der Waals surface area contributed by atoms with Crippen LogP contribution in [0, 0.1) is 5.92 Å². The first kappa shape index (κ1) is 24.5. The zero-order chi connectivity index (χ0) is 27.6. The van der Waals surface area contributed by atoms with E-state index in [1.54, 1.807) is 48.7 Å². The molecule has 4 heterocycles. The quantitative estimate of drug-likeness (QED) is 0.319. The van der Waals surface area contributed by atoms with Gasteiger partial charge < -0.3 is 10.2 Å². The Labute approximate surface area is 236 Å². The highest BCUT2D eigenvalue weighted by molar-refractivity contribution is 6.34. The lowest BCUT2D eigenvalue weighted by Crippen LogP contribution is -2.51. The van der Waals surface area contributed by atoms with Gasteiger partial charge in [-0.15, -0.1) is 0 Å². The van der Waals surface area contributed by atoms with E-state index in [0.29, 0.717) is 21.8 Å². The number of carbonyl (C=O) groups is 3. The lowest BCUT2D eigenvalue weighted by Gasteiger charge is -2.39. The Morgan fingerprint density at radius 2 is 1.62 bits per heavy atom. The van der Waals surface area contributed by atoms with E-state index in [-0.39, 0.29) is 23.2 Å². The Balaban J connectivity index is 1.57. The number of anilines is 2. The second-order valence-electron chi connectivity index (χ2n) is 10.4. The van der Waals surface area contributed by atoms with Gasteiger partial charge in [0, 0.05) is 28.7 Å². The summed E-state index contributed by atoms with van der Waals surface area (Å²) in [5.41, 5.74) is 3.18. The fourth-order valence-electron chi connectivity index (χ4n) is 6.88. The van der Waals surface area contributed by atoms with Crippen molar-refractivity contribution in [3.8, 4) is 0 Å². The number of aromatic nitrogens is 1. The predicted octanol–water partition coefficient (Wildman–Crippen LogP) is 5.98. The molecule has 3 aliphatic rings. The molecule has 196 valence electrons. The van der Waals surface area contributed by atoms with Crippen LogP contribution in [0.25, 0.3) is 5.57 Å². The number of ketones is 2. The molecule has 40 heavy (non-hydrogen) atoms. The van der Waals surface area contributed by atoms with Crippen molar-refractivity contribution >= 4 is 46.0 Å². The number of hydrogen-bond donors (Lipinski definition) is 1. The molecular weight excluding hydrogens is 522 g/mol. The summed E-state index contributed by atoms with van der Waals surface area (Å²) >= 11 is 6.57. The maximum Gasteiger partial charge on any atom is 0.238 e. The standard InChI is InChI=1S/C33H24ClN3O3/c1-19-18-27-33(22-12-4-6-14-24(22)36-32(33)40)28(31(39)25-15-8-9-17-35-25)29(30(38)21-11-2-5-13-23(21)34)37(27)26-16-7-3-10-20(19)26/h2-18,27-29H,1H3,(H,36,40). The summed E-state index contributed by atoms with van der Waals surface area (Å²) in [5, 5.41) is 3.34. The van der Waals surface area contributed by atoms with Gasteiger partial charge in [-0.3, -0.25) is 19.4 Å². The molecule has 7 rings (SSSR count). The number of Topliss-reactive ketones (excluding diaryl/α,β-unsaturated/α-hetero) is 2. The SMILES string of the molecule is CC1=CC2N(c3ccccc31)C(C(=O)c1ccccc1Cl)C(C(=O)c1ccccn1)C21C(=O)Nc2ccccc21. The van der Waals surface area contributed by atoms with Crippen LogP contribution < -0.4 is 10.2 Å². The number of rotatable bonds is 4. The molecule has 1 saturated heterocycles. The molecule has 1 amide bonds. The molecule has 1 N–H and O–H groups in total. The topological polar surface area (TPSA) is 79.4 Å². The lowest BCUT2D eigenvalue weighted by molar-refractivity contribution is -0.121. The van der Waals surface area contributed by atoms with Gasteiger partial charge in [0.1, 0.15) is 17.2 Å². The molecule has 1 aromatic heterocycles. The summed E-state index contributed by atoms with van der Waals surface area (Å²) in [5.74, 6) is -2.08. The number of carbonyl (C=O) groups excluding carboxylic acids is 3. The van der Waals surface area contributed by atoms with Crippen molar-refractivity contribution in [1.82, 2.24) is 4.98 Å². The molecule has 0 aliphatic carbocycles. The molecule has 1 fully saturated rings. The molecule has 0 radical (unpaired) electrons. The molecule has 3 aliphatic heterocycles. The van der Waals surface area contributed by atoms with Crippen LogP contribution in [-0.2, 0) is 10.2 Å². The zero-order valence-corrected chi connectivity index (χ0v) is 22.3. The molecule has 3 aromatic carbocycles. The number of para-hydroxylation sites is 2. The van der Waals surface area contributed by atoms with Crippen LogP contribution >= 0.6 is 11.6 Å². The van der Waals surface area contributed by atoms with E-state index < -0.39 is 23.4 Å². The van der Waals surface area contributed by atoms with E-state index in [0.717, 1.165) is 16.8 Å². The van der Waals surface area contributed by atoms with Crippen molar-refractivity contribution in [3.05, 3.63) is 131 Å². The first-order chi connectivity index (χ1) is 19.4. The third-order valence-corrected chi connectivity index (χ3v) is 8.82. The summed E-state index contributed by atoms with van der Waals surface area (Å²) in [6.07, 6.45) is 3.58. The maximum absolute atomic E-state index is 14.7. The minimum atomic E-state index is -1.39. The highest BCUT2D eigenvalue weighted by Crippen LogP contribution is 2.58. The summed E-state index contributed by atoms with van der Waals surface area (Å²) in [6.45, 7) is 2.00. The first-order valence-electron chi connectivity index (χ1n) is 13.2. The fourth-order valence-corrected chi connectivity index (χ4v) is 7.10. The molecule has 4 atom stereocenters. The van der Waals surface area contributed by atoms with Gasteiger partial charge in [-0.2, -0.15) is 0 Å². The van der Waals surface area contributed by atoms with Gasteiger partial charge in [-0.25, -0.2) is 0 Å². The van der Waals surface area contributed by atoms with Gasteiger partial charge in [-0.1, -0.05) is 72.3 Å². The second-order valence-corrected chi connectivity index (χ2v) is 10.8. The third kappa shape index (κ3) is 3.23. The van der Waals surface area contributed by atoms with Crippen molar-refractivity contribution in [2.75, 3.05) is 10.2 Å². The van der Waals surface area contributed by atoms with Crippen LogP contribution in [0.1, 0.15) is 38.9 Å². The van der Waals surface area contributed by atoms with E-state index >= 15 is 0 Å². The van der Waals surface area contributed by atoms with Crippen molar-refractivity contribution in [1.29, 1.82) is 0 Å². The van der Waals surface area contributed by atoms with Gasteiger partial charge in [0.15, 0.2) is 11.6 Å². The number of hydrogen-bond acceptors (Lipinski definition) is 5. The number of halogens is 1. The van der Waals surface area contributed by atoms with Gasteiger partial charge in [0.2, 0.25) is 5.91 Å². The first-order valence-corrected chi connectivity index (χ1v) is 13.5. The van der Waals surface area contributed by atoms with Crippen molar-refractivity contribution in [3.63, 3.8) is 0 Å². The summed E-state index contributed by atoms with van der Waals surface area (Å²) in [7, 11) is 0. The maximum atomic E-state index is 14.7. The van der Waals surface area contributed by atoms with E-state index in [1.807, 2.05) is 66.4 Å². The number of amides is 1. The Morgan fingerprint density at radius 1 is 0.900 bits per heavy atom. The van der Waals surface area contributed by atoms with Crippen molar-refractivity contribution in [2.45, 2.75) is 24.4 Å². The fraction of sp³-hybridized carbons (Fsp3) is 0.152. The predicted molar refractivity (Wildman–Crippen MR) is 155 cm³/mol. The monoisotopic (exact) mass is 545 g/mol. The number of fused-ring (bicyclic) bond motifs is 6. The van der Waals surface area contributed by atoms with Crippen LogP contribution in [0.5, 0.6) is 0 Å². The number of benzene rings is 3. The largest absolute Gasteiger partial charge is 0.352 e. The van der Waals surface area contributed by atoms with Crippen LogP contribution in [0.15, 0.2) is 103 Å². The average molecular weight is 546 g/mol. The number of nitrogens with one attached hydrogen (secondary N) is 1. The highest BCUT2D eigenvalue weighted by atomic mass is 35.5. The number of allylic oxidation sites excluding steroid dienone is 1. The lowest BCUT2D eigenvalue weighted by atomic mass is 9.64.